The highest BCUT2D eigenvalue weighted by molar-refractivity contribution is 5.14. The highest BCUT2D eigenvalue weighted by atomic mass is 16.3. The van der Waals surface area contributed by atoms with Gasteiger partial charge in [0, 0.05) is 18.7 Å². The molecule has 1 aromatic heterocycles. The lowest BCUT2D eigenvalue weighted by molar-refractivity contribution is 0.107. The molecule has 0 aliphatic heterocycles. The third-order valence-electron chi connectivity index (χ3n) is 3.57. The first-order chi connectivity index (χ1) is 7.66. The van der Waals surface area contributed by atoms with Crippen molar-refractivity contribution in [1.82, 2.24) is 4.90 Å². The molecule has 0 spiro atoms. The fraction of sp³-hybridized carbons (Fsp3) is 0.692. The van der Waals surface area contributed by atoms with Crippen LogP contribution in [0.2, 0.25) is 0 Å². The number of aryl methyl sites for hydroxylation is 1. The van der Waals surface area contributed by atoms with Gasteiger partial charge >= 0.3 is 0 Å². The largest absolute Gasteiger partial charge is 0.469 e. The summed E-state index contributed by atoms with van der Waals surface area (Å²) in [5, 5.41) is 9.77. The van der Waals surface area contributed by atoms with E-state index in [2.05, 4.69) is 11.9 Å². The Kier molecular flexibility index (Phi) is 3.66. The van der Waals surface area contributed by atoms with Gasteiger partial charge in [0.1, 0.15) is 5.76 Å². The summed E-state index contributed by atoms with van der Waals surface area (Å²) in [6, 6.07) is 2.02. The first-order valence-corrected chi connectivity index (χ1v) is 6.06. The predicted octanol–water partition coefficient (Wildman–Crippen LogP) is 2.18. The fourth-order valence-corrected chi connectivity index (χ4v) is 2.56. The van der Waals surface area contributed by atoms with Gasteiger partial charge < -0.3 is 14.4 Å². The molecule has 1 aromatic rings. The van der Waals surface area contributed by atoms with Crippen LogP contribution in [0, 0.1) is 12.8 Å². The van der Waals surface area contributed by atoms with Gasteiger partial charge in [0.25, 0.3) is 0 Å². The molecule has 2 unspecified atom stereocenters. The molecule has 0 amide bonds. The van der Waals surface area contributed by atoms with Crippen molar-refractivity contribution in [2.45, 2.75) is 38.8 Å². The molecule has 3 heteroatoms. The second-order valence-corrected chi connectivity index (χ2v) is 4.96. The van der Waals surface area contributed by atoms with E-state index in [1.54, 1.807) is 6.26 Å². The Bertz CT molecular complexity index is 334. The molecular weight excluding hydrogens is 202 g/mol. The Hall–Kier alpha value is -0.800. The van der Waals surface area contributed by atoms with Crippen molar-refractivity contribution < 1.29 is 9.52 Å². The van der Waals surface area contributed by atoms with Gasteiger partial charge in [0.05, 0.1) is 12.4 Å². The monoisotopic (exact) mass is 223 g/mol. The quantitative estimate of drug-likeness (QED) is 0.850. The van der Waals surface area contributed by atoms with Crippen LogP contribution in [0.3, 0.4) is 0 Å². The first kappa shape index (κ1) is 11.7. The van der Waals surface area contributed by atoms with Gasteiger partial charge in [-0.3, -0.25) is 0 Å². The molecule has 1 aliphatic carbocycles. The van der Waals surface area contributed by atoms with Crippen molar-refractivity contribution in [2.24, 2.45) is 5.92 Å². The Balaban J connectivity index is 1.84. The summed E-state index contributed by atoms with van der Waals surface area (Å²) in [4.78, 5) is 2.27. The molecule has 3 nitrogen and oxygen atoms in total. The van der Waals surface area contributed by atoms with Crippen LogP contribution in [-0.2, 0) is 6.54 Å². The van der Waals surface area contributed by atoms with Crippen molar-refractivity contribution in [3.8, 4) is 0 Å². The maximum Gasteiger partial charge on any atom is 0.105 e. The molecule has 2 atom stereocenters. The van der Waals surface area contributed by atoms with Gasteiger partial charge in [-0.25, -0.2) is 0 Å². The van der Waals surface area contributed by atoms with Gasteiger partial charge in [-0.15, -0.1) is 0 Å². The summed E-state index contributed by atoms with van der Waals surface area (Å²) < 4.78 is 5.28. The van der Waals surface area contributed by atoms with E-state index in [0.717, 1.165) is 31.7 Å². The molecule has 0 saturated heterocycles. The molecule has 0 bridgehead atoms. The zero-order valence-electron chi connectivity index (χ0n) is 10.1. The average molecular weight is 223 g/mol. The second-order valence-electron chi connectivity index (χ2n) is 4.96. The van der Waals surface area contributed by atoms with E-state index in [0.29, 0.717) is 5.92 Å². The highest BCUT2D eigenvalue weighted by Gasteiger charge is 2.26. The minimum absolute atomic E-state index is 0.0899. The Morgan fingerprint density at radius 3 is 2.88 bits per heavy atom. The summed E-state index contributed by atoms with van der Waals surface area (Å²) in [6.07, 6.45) is 4.96. The number of hydrogen-bond donors (Lipinski definition) is 1. The Labute approximate surface area is 97.1 Å². The summed E-state index contributed by atoms with van der Waals surface area (Å²) in [5.41, 5.74) is 1.25. The molecule has 0 radical (unpaired) electrons. The minimum atomic E-state index is -0.0899. The smallest absolute Gasteiger partial charge is 0.105 e. The van der Waals surface area contributed by atoms with E-state index >= 15 is 0 Å². The normalized spacial score (nSPS) is 25.5. The molecular formula is C13H21NO2. The van der Waals surface area contributed by atoms with E-state index in [1.807, 2.05) is 13.0 Å². The molecule has 1 saturated carbocycles. The first-order valence-electron chi connectivity index (χ1n) is 6.06. The van der Waals surface area contributed by atoms with Crippen molar-refractivity contribution in [1.29, 1.82) is 0 Å². The van der Waals surface area contributed by atoms with E-state index in [9.17, 15) is 5.11 Å². The maximum absolute atomic E-state index is 9.77. The molecule has 16 heavy (non-hydrogen) atoms. The number of aliphatic hydroxyl groups is 1. The molecule has 90 valence electrons. The molecule has 1 heterocycles. The third-order valence-corrected chi connectivity index (χ3v) is 3.57. The molecule has 0 aromatic carbocycles. The predicted molar refractivity (Wildman–Crippen MR) is 63.1 cm³/mol. The van der Waals surface area contributed by atoms with Crippen LogP contribution in [0.25, 0.3) is 0 Å². The summed E-state index contributed by atoms with van der Waals surface area (Å²) >= 11 is 0. The number of hydrogen-bond acceptors (Lipinski definition) is 3. The topological polar surface area (TPSA) is 36.6 Å². The molecule has 2 rings (SSSR count). The Morgan fingerprint density at radius 1 is 1.50 bits per heavy atom. The third kappa shape index (κ3) is 2.66. The van der Waals surface area contributed by atoms with Gasteiger partial charge in [-0.05, 0) is 38.8 Å². The van der Waals surface area contributed by atoms with E-state index in [-0.39, 0.29) is 6.10 Å². The lowest BCUT2D eigenvalue weighted by Crippen LogP contribution is -2.29. The van der Waals surface area contributed by atoms with Gasteiger partial charge in [-0.2, -0.15) is 0 Å². The number of rotatable bonds is 4. The van der Waals surface area contributed by atoms with Gasteiger partial charge in [0.15, 0.2) is 0 Å². The summed E-state index contributed by atoms with van der Waals surface area (Å²) in [5.74, 6) is 1.45. The van der Waals surface area contributed by atoms with Crippen LogP contribution in [-0.4, -0.2) is 29.7 Å². The zero-order valence-corrected chi connectivity index (χ0v) is 10.1. The highest BCUT2D eigenvalue weighted by Crippen LogP contribution is 2.26. The SMILES string of the molecule is Cc1occc1CN(C)CC1CCCC1O. The van der Waals surface area contributed by atoms with Crippen LogP contribution < -0.4 is 0 Å². The van der Waals surface area contributed by atoms with Crippen molar-refractivity contribution >= 4 is 0 Å². The Morgan fingerprint density at radius 2 is 2.31 bits per heavy atom. The standard InChI is InChI=1S/C13H21NO2/c1-10-11(6-7-16-10)8-14(2)9-12-4-3-5-13(12)15/h6-7,12-13,15H,3-5,8-9H2,1-2H3. The average Bonchev–Trinajstić information content (AvgIpc) is 2.79. The van der Waals surface area contributed by atoms with E-state index in [4.69, 9.17) is 4.42 Å². The van der Waals surface area contributed by atoms with Crippen LogP contribution in [0.5, 0.6) is 0 Å². The fourth-order valence-electron chi connectivity index (χ4n) is 2.56. The summed E-state index contributed by atoms with van der Waals surface area (Å²) in [7, 11) is 2.11. The van der Waals surface area contributed by atoms with Gasteiger partial charge in [0.2, 0.25) is 0 Å². The van der Waals surface area contributed by atoms with Crippen LogP contribution in [0.1, 0.15) is 30.6 Å². The molecule has 1 N–H and O–H groups in total. The van der Waals surface area contributed by atoms with Crippen LogP contribution >= 0.6 is 0 Å². The van der Waals surface area contributed by atoms with Crippen molar-refractivity contribution in [3.05, 3.63) is 23.7 Å². The van der Waals surface area contributed by atoms with Gasteiger partial charge in [-0.1, -0.05) is 6.42 Å². The number of aliphatic hydroxyl groups excluding tert-OH is 1. The zero-order chi connectivity index (χ0) is 11.5. The summed E-state index contributed by atoms with van der Waals surface area (Å²) in [6.45, 7) is 3.88. The van der Waals surface area contributed by atoms with E-state index in [1.165, 1.54) is 12.0 Å². The van der Waals surface area contributed by atoms with Crippen molar-refractivity contribution in [3.63, 3.8) is 0 Å². The minimum Gasteiger partial charge on any atom is -0.469 e. The molecule has 1 fully saturated rings. The number of furan rings is 1. The van der Waals surface area contributed by atoms with Crippen LogP contribution in [0.4, 0.5) is 0 Å². The lowest BCUT2D eigenvalue weighted by Gasteiger charge is -2.22. The second kappa shape index (κ2) is 5.02. The maximum atomic E-state index is 9.77. The number of nitrogens with zero attached hydrogens (tertiary/aromatic N) is 1. The van der Waals surface area contributed by atoms with Crippen molar-refractivity contribution in [2.75, 3.05) is 13.6 Å². The van der Waals surface area contributed by atoms with Crippen LogP contribution in [0.15, 0.2) is 16.7 Å². The van der Waals surface area contributed by atoms with E-state index < -0.39 is 0 Å². The molecule has 1 aliphatic rings. The lowest BCUT2D eigenvalue weighted by atomic mass is 10.1.